The van der Waals surface area contributed by atoms with Crippen molar-refractivity contribution in [3.63, 3.8) is 0 Å². The Morgan fingerprint density at radius 3 is 2.87 bits per heavy atom. The number of imidazole rings is 1. The molecule has 0 amide bonds. The van der Waals surface area contributed by atoms with Gasteiger partial charge in [0.1, 0.15) is 0 Å². The Labute approximate surface area is 173 Å². The topological polar surface area (TPSA) is 88.0 Å². The van der Waals surface area contributed by atoms with E-state index in [-0.39, 0.29) is 0 Å². The summed E-state index contributed by atoms with van der Waals surface area (Å²) in [6, 6.07) is 6.55. The van der Waals surface area contributed by atoms with Crippen LogP contribution in [-0.2, 0) is 4.74 Å². The summed E-state index contributed by atoms with van der Waals surface area (Å²) < 4.78 is 7.63. The number of aromatic amines is 1. The number of anilines is 1. The largest absolute Gasteiger partial charge is 0.378 e. The van der Waals surface area contributed by atoms with Crippen molar-refractivity contribution in [1.82, 2.24) is 34.6 Å². The first-order valence-corrected chi connectivity index (χ1v) is 10.5. The maximum Gasteiger partial charge on any atom is 0.228 e. The van der Waals surface area contributed by atoms with Crippen molar-refractivity contribution in [2.24, 2.45) is 0 Å². The van der Waals surface area contributed by atoms with Gasteiger partial charge in [0.05, 0.1) is 53.9 Å². The SMILES string of the molecule is CN1CCC(n2ncc3c(-c4ccc5nc[nH]c5c4)nc(N4CCOCC4)nc32)C1. The highest BCUT2D eigenvalue weighted by atomic mass is 16.5. The number of morpholine rings is 1. The number of ether oxygens (including phenoxy) is 1. The van der Waals surface area contributed by atoms with Gasteiger partial charge in [-0.3, -0.25) is 0 Å². The molecule has 9 heteroatoms. The molecule has 2 fully saturated rings. The monoisotopic (exact) mass is 404 g/mol. The number of hydrogen-bond acceptors (Lipinski definition) is 7. The van der Waals surface area contributed by atoms with Crippen LogP contribution in [-0.4, -0.2) is 81.1 Å². The number of rotatable bonds is 3. The number of H-pyrrole nitrogens is 1. The number of fused-ring (bicyclic) bond motifs is 2. The summed E-state index contributed by atoms with van der Waals surface area (Å²) in [4.78, 5) is 22.1. The number of likely N-dealkylation sites (tertiary alicyclic amines) is 1. The second-order valence-corrected chi connectivity index (χ2v) is 8.14. The molecular weight excluding hydrogens is 380 g/mol. The fourth-order valence-electron chi connectivity index (χ4n) is 4.50. The molecular formula is C21H24N8O. The van der Waals surface area contributed by atoms with Crippen molar-refractivity contribution in [3.8, 4) is 11.3 Å². The Kier molecular flexibility index (Phi) is 4.17. The van der Waals surface area contributed by atoms with Crippen LogP contribution in [0.1, 0.15) is 12.5 Å². The maximum absolute atomic E-state index is 5.53. The van der Waals surface area contributed by atoms with E-state index in [0.29, 0.717) is 19.3 Å². The lowest BCUT2D eigenvalue weighted by Gasteiger charge is -2.27. The van der Waals surface area contributed by atoms with Crippen molar-refractivity contribution in [1.29, 1.82) is 0 Å². The van der Waals surface area contributed by atoms with Crippen LogP contribution in [0.3, 0.4) is 0 Å². The third-order valence-corrected chi connectivity index (χ3v) is 6.14. The summed E-state index contributed by atoms with van der Waals surface area (Å²) in [5.74, 6) is 0.749. The minimum absolute atomic E-state index is 0.336. The zero-order chi connectivity index (χ0) is 20.1. The molecule has 5 heterocycles. The van der Waals surface area contributed by atoms with Crippen molar-refractivity contribution in [2.45, 2.75) is 12.5 Å². The number of nitrogens with zero attached hydrogens (tertiary/aromatic N) is 7. The van der Waals surface area contributed by atoms with Crippen LogP contribution >= 0.6 is 0 Å². The van der Waals surface area contributed by atoms with E-state index in [1.54, 1.807) is 6.33 Å². The third-order valence-electron chi connectivity index (χ3n) is 6.14. The van der Waals surface area contributed by atoms with Gasteiger partial charge < -0.3 is 19.5 Å². The third kappa shape index (κ3) is 2.93. The Morgan fingerprint density at radius 1 is 1.13 bits per heavy atom. The van der Waals surface area contributed by atoms with Crippen molar-refractivity contribution < 1.29 is 4.74 Å². The highest BCUT2D eigenvalue weighted by molar-refractivity contribution is 5.93. The minimum atomic E-state index is 0.336. The quantitative estimate of drug-likeness (QED) is 0.559. The maximum atomic E-state index is 5.53. The van der Waals surface area contributed by atoms with Crippen molar-refractivity contribution >= 4 is 28.0 Å². The molecule has 1 atom stereocenters. The van der Waals surface area contributed by atoms with Crippen molar-refractivity contribution in [2.75, 3.05) is 51.3 Å². The summed E-state index contributed by atoms with van der Waals surface area (Å²) in [5.41, 5.74) is 4.80. The van der Waals surface area contributed by atoms with Crippen LogP contribution in [0.25, 0.3) is 33.3 Å². The minimum Gasteiger partial charge on any atom is -0.378 e. The van der Waals surface area contributed by atoms with Crippen LogP contribution in [0.4, 0.5) is 5.95 Å². The fraction of sp³-hybridized carbons (Fsp3) is 0.429. The summed E-state index contributed by atoms with van der Waals surface area (Å²) in [7, 11) is 2.16. The van der Waals surface area contributed by atoms with Gasteiger partial charge in [0.15, 0.2) is 5.65 Å². The molecule has 2 aliphatic heterocycles. The predicted molar refractivity (Wildman–Crippen MR) is 115 cm³/mol. The Bertz CT molecular complexity index is 1210. The molecule has 3 aromatic heterocycles. The molecule has 0 saturated carbocycles. The van der Waals surface area contributed by atoms with Crippen LogP contribution < -0.4 is 4.90 Å². The van der Waals surface area contributed by atoms with E-state index in [0.717, 1.165) is 71.9 Å². The lowest BCUT2D eigenvalue weighted by Crippen LogP contribution is -2.37. The van der Waals surface area contributed by atoms with Gasteiger partial charge in [-0.1, -0.05) is 6.07 Å². The fourth-order valence-corrected chi connectivity index (χ4v) is 4.50. The standard InChI is InChI=1S/C21H24N8O/c1-27-5-4-15(12-27)29-20-16(11-24-29)19(14-2-3-17-18(10-14)23-13-22-17)25-21(26-20)28-6-8-30-9-7-28/h2-3,10-11,13,15H,4-9,12H2,1H3,(H,22,23). The van der Waals surface area contributed by atoms with Gasteiger partial charge in [-0.2, -0.15) is 10.1 Å². The first-order chi connectivity index (χ1) is 14.8. The molecule has 9 nitrogen and oxygen atoms in total. The molecule has 6 rings (SSSR count). The van der Waals surface area contributed by atoms with Gasteiger partial charge in [0.2, 0.25) is 5.95 Å². The van der Waals surface area contributed by atoms with E-state index in [4.69, 9.17) is 19.8 Å². The van der Waals surface area contributed by atoms with Crippen LogP contribution in [0.2, 0.25) is 0 Å². The molecule has 30 heavy (non-hydrogen) atoms. The summed E-state index contributed by atoms with van der Waals surface area (Å²) in [5, 5.41) is 5.75. The zero-order valence-corrected chi connectivity index (χ0v) is 17.0. The Hall–Kier alpha value is -3.04. The van der Waals surface area contributed by atoms with Crippen molar-refractivity contribution in [3.05, 3.63) is 30.7 Å². The summed E-state index contributed by atoms with van der Waals surface area (Å²) in [6.07, 6.45) is 4.72. The van der Waals surface area contributed by atoms with Gasteiger partial charge in [0.25, 0.3) is 0 Å². The second kappa shape index (κ2) is 7.03. The normalized spacial score (nSPS) is 20.6. The van der Waals surface area contributed by atoms with E-state index in [1.165, 1.54) is 0 Å². The predicted octanol–water partition coefficient (Wildman–Crippen LogP) is 2.08. The smallest absolute Gasteiger partial charge is 0.228 e. The molecule has 1 aromatic carbocycles. The average molecular weight is 404 g/mol. The summed E-state index contributed by atoms with van der Waals surface area (Å²) >= 11 is 0. The first kappa shape index (κ1) is 17.8. The van der Waals surface area contributed by atoms with Crippen LogP contribution in [0.15, 0.2) is 30.7 Å². The average Bonchev–Trinajstić information content (AvgIpc) is 3.52. The number of hydrogen-bond donors (Lipinski definition) is 1. The molecule has 0 spiro atoms. The molecule has 0 bridgehead atoms. The molecule has 0 aliphatic carbocycles. The first-order valence-electron chi connectivity index (χ1n) is 10.5. The van der Waals surface area contributed by atoms with Gasteiger partial charge in [-0.25, -0.2) is 14.6 Å². The highest BCUT2D eigenvalue weighted by Gasteiger charge is 2.26. The lowest BCUT2D eigenvalue weighted by atomic mass is 10.1. The van der Waals surface area contributed by atoms with Gasteiger partial charge in [0, 0.05) is 31.7 Å². The number of likely N-dealkylation sites (N-methyl/N-ethyl adjacent to an activating group) is 1. The number of nitrogens with one attached hydrogen (secondary N) is 1. The molecule has 154 valence electrons. The molecule has 0 radical (unpaired) electrons. The Morgan fingerprint density at radius 2 is 2.03 bits per heavy atom. The van der Waals surface area contributed by atoms with E-state index in [9.17, 15) is 0 Å². The van der Waals surface area contributed by atoms with Gasteiger partial charge >= 0.3 is 0 Å². The second-order valence-electron chi connectivity index (χ2n) is 8.14. The van der Waals surface area contributed by atoms with Crippen LogP contribution in [0, 0.1) is 0 Å². The van der Waals surface area contributed by atoms with E-state index >= 15 is 0 Å². The van der Waals surface area contributed by atoms with E-state index in [1.807, 2.05) is 12.3 Å². The zero-order valence-electron chi connectivity index (χ0n) is 17.0. The highest BCUT2D eigenvalue weighted by Crippen LogP contribution is 2.32. The Balaban J connectivity index is 1.53. The number of benzene rings is 1. The lowest BCUT2D eigenvalue weighted by molar-refractivity contribution is 0.122. The molecule has 2 saturated heterocycles. The summed E-state index contributed by atoms with van der Waals surface area (Å²) in [6.45, 7) is 5.06. The molecule has 4 aromatic rings. The van der Waals surface area contributed by atoms with Gasteiger partial charge in [-0.05, 0) is 25.6 Å². The molecule has 1 N–H and O–H groups in total. The molecule has 2 aliphatic rings. The molecule has 1 unspecified atom stereocenters. The van der Waals surface area contributed by atoms with Crippen LogP contribution in [0.5, 0.6) is 0 Å². The van der Waals surface area contributed by atoms with E-state index < -0.39 is 0 Å². The number of aromatic nitrogens is 6. The van der Waals surface area contributed by atoms with Gasteiger partial charge in [-0.15, -0.1) is 0 Å². The van der Waals surface area contributed by atoms with E-state index in [2.05, 4.69) is 43.6 Å².